The van der Waals surface area contributed by atoms with E-state index >= 15 is 0 Å². The van der Waals surface area contributed by atoms with Crippen molar-refractivity contribution in [3.63, 3.8) is 0 Å². The lowest BCUT2D eigenvalue weighted by molar-refractivity contribution is 0.313. The van der Waals surface area contributed by atoms with Crippen LogP contribution in [0.25, 0.3) is 0 Å². The van der Waals surface area contributed by atoms with Crippen LogP contribution in [0.4, 0.5) is 0 Å². The highest BCUT2D eigenvalue weighted by molar-refractivity contribution is 7.59. The average Bonchev–Trinajstić information content (AvgIpc) is 2.54. The van der Waals surface area contributed by atoms with Gasteiger partial charge in [-0.05, 0) is 52.1 Å². The molecule has 2 aromatic carbocycles. The van der Waals surface area contributed by atoms with Crippen molar-refractivity contribution in [3.05, 3.63) is 58.7 Å². The molecule has 0 saturated heterocycles. The highest BCUT2D eigenvalue weighted by Gasteiger charge is 2.46. The van der Waals surface area contributed by atoms with Crippen LogP contribution in [-0.4, -0.2) is 30.6 Å². The van der Waals surface area contributed by atoms with Crippen molar-refractivity contribution in [3.8, 4) is 11.5 Å². The predicted octanol–water partition coefficient (Wildman–Crippen LogP) is 4.95. The van der Waals surface area contributed by atoms with E-state index in [2.05, 4.69) is 0 Å². The number of benzene rings is 2. The molecular weight excluding hydrogens is 387 g/mol. The summed E-state index contributed by atoms with van der Waals surface area (Å²) in [6.07, 6.45) is 0. The highest BCUT2D eigenvalue weighted by atomic mass is 31.2. The van der Waals surface area contributed by atoms with Gasteiger partial charge in [0.15, 0.2) is 5.66 Å². The lowest BCUT2D eigenvalue weighted by Gasteiger charge is -2.29. The second-order valence-corrected chi connectivity index (χ2v) is 11.9. The topological polar surface area (TPSA) is 101 Å². The molecule has 0 aliphatic rings. The summed E-state index contributed by atoms with van der Waals surface area (Å²) in [7, 11) is -4.15. The molecule has 2 aromatic rings. The van der Waals surface area contributed by atoms with E-state index in [0.717, 1.165) is 22.3 Å². The SMILES string of the molecule is CC(C(c1ccc(O)c(C(C)(C)C)c1)c1ccc(O)c(C(C)(C)C)c1)[P+](O)(O)O. The molecule has 0 aliphatic carbocycles. The molecule has 0 heterocycles. The zero-order chi connectivity index (χ0) is 22.4. The van der Waals surface area contributed by atoms with E-state index in [4.69, 9.17) is 0 Å². The Kier molecular flexibility index (Phi) is 6.42. The maximum Gasteiger partial charge on any atom is 0.407 e. The summed E-state index contributed by atoms with van der Waals surface area (Å²) in [5.41, 5.74) is 1.49. The Balaban J connectivity index is 2.74. The van der Waals surface area contributed by atoms with Crippen molar-refractivity contribution in [1.82, 2.24) is 0 Å². The summed E-state index contributed by atoms with van der Waals surface area (Å²) in [5, 5.41) is 20.7. The van der Waals surface area contributed by atoms with Crippen LogP contribution in [0, 0.1) is 0 Å². The molecule has 0 aromatic heterocycles. The summed E-state index contributed by atoms with van der Waals surface area (Å²) < 4.78 is 0. The van der Waals surface area contributed by atoms with Gasteiger partial charge in [0.2, 0.25) is 0 Å². The van der Waals surface area contributed by atoms with Crippen molar-refractivity contribution >= 4 is 7.94 Å². The second kappa shape index (κ2) is 7.88. The molecule has 0 amide bonds. The fourth-order valence-corrected chi connectivity index (χ4v) is 4.39. The number of phenols is 2. The summed E-state index contributed by atoms with van der Waals surface area (Å²) in [6.45, 7) is 13.5. The van der Waals surface area contributed by atoms with Gasteiger partial charge in [0.1, 0.15) is 11.5 Å². The van der Waals surface area contributed by atoms with Gasteiger partial charge in [-0.2, -0.15) is 14.7 Å². The Hall–Kier alpha value is -1.65. The predicted molar refractivity (Wildman–Crippen MR) is 118 cm³/mol. The first-order valence-corrected chi connectivity index (χ1v) is 11.5. The molecule has 0 aliphatic heterocycles. The third kappa shape index (κ3) is 5.29. The first-order valence-electron chi connectivity index (χ1n) is 9.77. The van der Waals surface area contributed by atoms with Gasteiger partial charge in [-0.15, -0.1) is 0 Å². The first-order chi connectivity index (χ1) is 13.0. The number of hydrogen-bond acceptors (Lipinski definition) is 5. The van der Waals surface area contributed by atoms with Crippen molar-refractivity contribution in [2.24, 2.45) is 0 Å². The van der Waals surface area contributed by atoms with Crippen LogP contribution in [0.5, 0.6) is 11.5 Å². The normalized spacial score (nSPS) is 14.3. The highest BCUT2D eigenvalue weighted by Crippen LogP contribution is 2.57. The smallest absolute Gasteiger partial charge is 0.407 e. The molecule has 1 atom stereocenters. The molecule has 160 valence electrons. The molecule has 0 bridgehead atoms. The number of phenolic OH excluding ortho intramolecular Hbond substituents is 2. The molecule has 6 heteroatoms. The van der Waals surface area contributed by atoms with Gasteiger partial charge in [-0.1, -0.05) is 65.8 Å². The molecule has 5 nitrogen and oxygen atoms in total. The minimum Gasteiger partial charge on any atom is -0.508 e. The van der Waals surface area contributed by atoms with Crippen LogP contribution >= 0.6 is 7.94 Å². The molecule has 0 spiro atoms. The number of rotatable bonds is 4. The van der Waals surface area contributed by atoms with E-state index in [1.54, 1.807) is 31.2 Å². The Morgan fingerprint density at radius 2 is 1.03 bits per heavy atom. The average molecular weight is 421 g/mol. The largest absolute Gasteiger partial charge is 0.508 e. The van der Waals surface area contributed by atoms with Crippen molar-refractivity contribution in [1.29, 1.82) is 0 Å². The molecule has 2 rings (SSSR count). The third-order valence-electron chi connectivity index (χ3n) is 5.40. The van der Waals surface area contributed by atoms with Gasteiger partial charge in [0.05, 0.1) is 5.92 Å². The quantitative estimate of drug-likeness (QED) is 0.450. The zero-order valence-corrected chi connectivity index (χ0v) is 19.2. The minimum atomic E-state index is -4.15. The fourth-order valence-electron chi connectivity index (χ4n) is 3.65. The van der Waals surface area contributed by atoms with Crippen LogP contribution in [-0.2, 0) is 10.8 Å². The summed E-state index contributed by atoms with van der Waals surface area (Å²) >= 11 is 0. The summed E-state index contributed by atoms with van der Waals surface area (Å²) in [5.74, 6) is -0.190. The van der Waals surface area contributed by atoms with Crippen LogP contribution < -0.4 is 0 Å². The minimum absolute atomic E-state index is 0.173. The van der Waals surface area contributed by atoms with Gasteiger partial charge < -0.3 is 10.2 Å². The molecular formula is C23H34O5P+. The standard InChI is InChI=1S/C23H33O5P/c1-14(29(26,27)28)21(15-8-10-19(24)17(12-15)22(2,3)4)16-9-11-20(25)18(13-16)23(5,6)7/h8-14,21,26-28H,1-7H3,(H-,24,25)/p+1. The van der Waals surface area contributed by atoms with Crippen molar-refractivity contribution < 1.29 is 24.9 Å². The second-order valence-electron chi connectivity index (χ2n) is 9.89. The van der Waals surface area contributed by atoms with Crippen molar-refractivity contribution in [2.45, 2.75) is 70.9 Å². The lowest BCUT2D eigenvalue weighted by Crippen LogP contribution is -2.22. The van der Waals surface area contributed by atoms with Crippen molar-refractivity contribution in [2.75, 3.05) is 0 Å². The van der Waals surface area contributed by atoms with E-state index in [-0.39, 0.29) is 22.3 Å². The van der Waals surface area contributed by atoms with Crippen LogP contribution in [0.2, 0.25) is 0 Å². The van der Waals surface area contributed by atoms with Gasteiger partial charge >= 0.3 is 7.94 Å². The Morgan fingerprint density at radius 1 is 0.690 bits per heavy atom. The number of hydrogen-bond donors (Lipinski definition) is 5. The molecule has 0 saturated carbocycles. The molecule has 0 radical (unpaired) electrons. The monoisotopic (exact) mass is 421 g/mol. The third-order valence-corrected chi connectivity index (χ3v) is 6.80. The zero-order valence-electron chi connectivity index (χ0n) is 18.3. The Labute approximate surface area is 174 Å². The van der Waals surface area contributed by atoms with Gasteiger partial charge in [-0.3, -0.25) is 0 Å². The van der Waals surface area contributed by atoms with E-state index in [1.807, 2.05) is 53.7 Å². The first kappa shape index (κ1) is 23.6. The van der Waals surface area contributed by atoms with E-state index in [0.29, 0.717) is 0 Å². The van der Waals surface area contributed by atoms with Gasteiger partial charge in [0.25, 0.3) is 0 Å². The van der Waals surface area contributed by atoms with Crippen LogP contribution in [0.3, 0.4) is 0 Å². The van der Waals surface area contributed by atoms with E-state index in [9.17, 15) is 24.9 Å². The maximum absolute atomic E-state index is 10.3. The summed E-state index contributed by atoms with van der Waals surface area (Å²) in [4.78, 5) is 30.2. The fraction of sp³-hybridized carbons (Fsp3) is 0.478. The van der Waals surface area contributed by atoms with E-state index in [1.165, 1.54) is 0 Å². The van der Waals surface area contributed by atoms with E-state index < -0.39 is 19.5 Å². The maximum atomic E-state index is 10.3. The van der Waals surface area contributed by atoms with Crippen LogP contribution in [0.15, 0.2) is 36.4 Å². The number of aromatic hydroxyl groups is 2. The Morgan fingerprint density at radius 3 is 1.31 bits per heavy atom. The Bertz CT molecular complexity index is 809. The summed E-state index contributed by atoms with van der Waals surface area (Å²) in [6, 6.07) is 10.4. The van der Waals surface area contributed by atoms with Gasteiger partial charge in [0, 0.05) is 0 Å². The molecule has 1 unspecified atom stereocenters. The lowest BCUT2D eigenvalue weighted by atomic mass is 9.79. The van der Waals surface area contributed by atoms with Gasteiger partial charge in [-0.25, -0.2) is 0 Å². The molecule has 5 N–H and O–H groups in total. The van der Waals surface area contributed by atoms with Crippen LogP contribution in [0.1, 0.15) is 76.6 Å². The molecule has 0 fully saturated rings. The molecule has 29 heavy (non-hydrogen) atoms.